The number of fused-ring (bicyclic) bond motifs is 1. The molecule has 5 nitrogen and oxygen atoms in total. The largest absolute Gasteiger partial charge is 0.496 e. The van der Waals surface area contributed by atoms with E-state index in [0.717, 1.165) is 44.1 Å². The molecule has 142 valence electrons. The molecule has 3 aromatic rings. The van der Waals surface area contributed by atoms with E-state index in [-0.39, 0.29) is 0 Å². The summed E-state index contributed by atoms with van der Waals surface area (Å²) in [5, 5.41) is 8.08. The Hall–Kier alpha value is -2.95. The number of nitrogens with one attached hydrogen (secondary N) is 3. The lowest BCUT2D eigenvalue weighted by molar-refractivity contribution is 0.409. The maximum atomic E-state index is 5.40. The third-order valence-electron chi connectivity index (χ3n) is 4.69. The van der Waals surface area contributed by atoms with Gasteiger partial charge in [0.05, 0.1) is 7.11 Å². The van der Waals surface area contributed by atoms with E-state index in [9.17, 15) is 0 Å². The van der Waals surface area contributed by atoms with Crippen molar-refractivity contribution in [2.75, 3.05) is 27.2 Å². The maximum absolute atomic E-state index is 5.40. The number of nitrogens with zero attached hydrogens (tertiary/aromatic N) is 1. The molecular formula is C22H28N4O. The molecule has 0 atom stereocenters. The summed E-state index contributed by atoms with van der Waals surface area (Å²) in [6, 6.07) is 16.6. The van der Waals surface area contributed by atoms with Crippen molar-refractivity contribution >= 4 is 16.9 Å². The molecule has 0 aliphatic heterocycles. The van der Waals surface area contributed by atoms with Gasteiger partial charge in [0.2, 0.25) is 0 Å². The second-order valence-corrected chi connectivity index (χ2v) is 6.45. The fraction of sp³-hybridized carbons (Fsp3) is 0.318. The number of benzene rings is 2. The van der Waals surface area contributed by atoms with Crippen molar-refractivity contribution in [3.63, 3.8) is 0 Å². The molecule has 0 fully saturated rings. The summed E-state index contributed by atoms with van der Waals surface area (Å²) in [5.74, 6) is 1.77. The Balaban J connectivity index is 1.40. The minimum atomic E-state index is 0.808. The van der Waals surface area contributed by atoms with Crippen molar-refractivity contribution in [3.05, 3.63) is 65.9 Å². The summed E-state index contributed by atoms with van der Waals surface area (Å²) in [5.41, 5.74) is 3.77. The summed E-state index contributed by atoms with van der Waals surface area (Å²) < 4.78 is 5.40. The third kappa shape index (κ3) is 5.03. The Morgan fingerprint density at radius 3 is 2.59 bits per heavy atom. The van der Waals surface area contributed by atoms with Crippen molar-refractivity contribution in [2.24, 2.45) is 4.99 Å². The number of aromatic nitrogens is 1. The first-order chi connectivity index (χ1) is 13.3. The average Bonchev–Trinajstić information content (AvgIpc) is 3.13. The number of aromatic amines is 1. The molecule has 0 radical (unpaired) electrons. The quantitative estimate of drug-likeness (QED) is 0.326. The van der Waals surface area contributed by atoms with Crippen LogP contribution in [0.3, 0.4) is 0 Å². The zero-order valence-corrected chi connectivity index (χ0v) is 16.1. The van der Waals surface area contributed by atoms with E-state index in [1.54, 1.807) is 14.2 Å². The van der Waals surface area contributed by atoms with Crippen LogP contribution in [0.25, 0.3) is 10.9 Å². The van der Waals surface area contributed by atoms with Gasteiger partial charge in [-0.15, -0.1) is 0 Å². The minimum absolute atomic E-state index is 0.808. The number of guanidine groups is 1. The molecular weight excluding hydrogens is 336 g/mol. The smallest absolute Gasteiger partial charge is 0.190 e. The minimum Gasteiger partial charge on any atom is -0.496 e. The summed E-state index contributed by atoms with van der Waals surface area (Å²) in [7, 11) is 3.51. The average molecular weight is 364 g/mol. The first kappa shape index (κ1) is 18.8. The van der Waals surface area contributed by atoms with Gasteiger partial charge in [-0.05, 0) is 42.5 Å². The molecule has 0 amide bonds. The SMILES string of the molecule is CN=C(NCCCc1c[nH]c2ccccc12)NCCc1ccccc1OC. The first-order valence-corrected chi connectivity index (χ1v) is 9.43. The van der Waals surface area contributed by atoms with E-state index in [2.05, 4.69) is 57.1 Å². The molecule has 0 unspecified atom stereocenters. The van der Waals surface area contributed by atoms with Crippen LogP contribution >= 0.6 is 0 Å². The van der Waals surface area contributed by atoms with Crippen molar-refractivity contribution < 1.29 is 4.74 Å². The second-order valence-electron chi connectivity index (χ2n) is 6.45. The van der Waals surface area contributed by atoms with E-state index in [1.807, 2.05) is 18.2 Å². The van der Waals surface area contributed by atoms with Crippen LogP contribution in [-0.4, -0.2) is 38.2 Å². The van der Waals surface area contributed by atoms with E-state index >= 15 is 0 Å². The molecule has 3 N–H and O–H groups in total. The molecule has 27 heavy (non-hydrogen) atoms. The van der Waals surface area contributed by atoms with Gasteiger partial charge in [-0.1, -0.05) is 36.4 Å². The van der Waals surface area contributed by atoms with Crippen LogP contribution in [0.2, 0.25) is 0 Å². The highest BCUT2D eigenvalue weighted by Gasteiger charge is 2.04. The topological polar surface area (TPSA) is 61.4 Å². The van der Waals surface area contributed by atoms with E-state index in [1.165, 1.54) is 22.0 Å². The fourth-order valence-electron chi connectivity index (χ4n) is 3.27. The molecule has 2 aromatic carbocycles. The van der Waals surface area contributed by atoms with Gasteiger partial charge in [0, 0.05) is 37.2 Å². The highest BCUT2D eigenvalue weighted by Crippen LogP contribution is 2.19. The van der Waals surface area contributed by atoms with Gasteiger partial charge in [0.1, 0.15) is 5.75 Å². The van der Waals surface area contributed by atoms with Crippen LogP contribution in [-0.2, 0) is 12.8 Å². The summed E-state index contributed by atoms with van der Waals surface area (Å²) in [4.78, 5) is 7.64. The normalized spacial score (nSPS) is 11.6. The third-order valence-corrected chi connectivity index (χ3v) is 4.69. The van der Waals surface area contributed by atoms with Crippen LogP contribution < -0.4 is 15.4 Å². The standard InChI is InChI=1S/C22H28N4O/c1-23-22(25-15-13-17-8-3-6-12-21(17)27-2)24-14-7-9-18-16-26-20-11-5-4-10-19(18)20/h3-6,8,10-12,16,26H,7,9,13-15H2,1-2H3,(H2,23,24,25). The molecule has 1 heterocycles. The van der Waals surface area contributed by atoms with Gasteiger partial charge in [-0.2, -0.15) is 0 Å². The van der Waals surface area contributed by atoms with E-state index in [0.29, 0.717) is 0 Å². The van der Waals surface area contributed by atoms with Crippen molar-refractivity contribution in [3.8, 4) is 5.75 Å². The van der Waals surface area contributed by atoms with Crippen LogP contribution in [0.15, 0.2) is 59.7 Å². The number of ether oxygens (including phenoxy) is 1. The number of hydrogen-bond acceptors (Lipinski definition) is 2. The Morgan fingerprint density at radius 1 is 0.963 bits per heavy atom. The molecule has 0 spiro atoms. The number of aryl methyl sites for hydroxylation is 1. The maximum Gasteiger partial charge on any atom is 0.190 e. The number of methoxy groups -OCH3 is 1. The molecule has 0 aliphatic rings. The lowest BCUT2D eigenvalue weighted by Crippen LogP contribution is -2.38. The van der Waals surface area contributed by atoms with Crippen LogP contribution in [0.5, 0.6) is 5.75 Å². The molecule has 0 saturated heterocycles. The predicted molar refractivity (Wildman–Crippen MR) is 113 cm³/mol. The number of hydrogen-bond donors (Lipinski definition) is 3. The van der Waals surface area contributed by atoms with Gasteiger partial charge in [-0.3, -0.25) is 4.99 Å². The molecule has 0 saturated carbocycles. The lowest BCUT2D eigenvalue weighted by atomic mass is 10.1. The van der Waals surface area contributed by atoms with Crippen LogP contribution in [0.1, 0.15) is 17.5 Å². The molecule has 0 aliphatic carbocycles. The highest BCUT2D eigenvalue weighted by atomic mass is 16.5. The van der Waals surface area contributed by atoms with Gasteiger partial charge >= 0.3 is 0 Å². The van der Waals surface area contributed by atoms with Crippen molar-refractivity contribution in [1.82, 2.24) is 15.6 Å². The van der Waals surface area contributed by atoms with Crippen LogP contribution in [0.4, 0.5) is 0 Å². The highest BCUT2D eigenvalue weighted by molar-refractivity contribution is 5.83. The molecule has 3 rings (SSSR count). The summed E-state index contributed by atoms with van der Waals surface area (Å²) in [6.07, 6.45) is 5.09. The Kier molecular flexibility index (Phi) is 6.74. The van der Waals surface area contributed by atoms with E-state index in [4.69, 9.17) is 4.74 Å². The lowest BCUT2D eigenvalue weighted by Gasteiger charge is -2.13. The van der Waals surface area contributed by atoms with Gasteiger partial charge in [0.15, 0.2) is 5.96 Å². The zero-order valence-electron chi connectivity index (χ0n) is 16.1. The summed E-state index contributed by atoms with van der Waals surface area (Å²) in [6.45, 7) is 1.69. The molecule has 0 bridgehead atoms. The Morgan fingerprint density at radius 2 is 1.74 bits per heavy atom. The van der Waals surface area contributed by atoms with Crippen molar-refractivity contribution in [1.29, 1.82) is 0 Å². The second kappa shape index (κ2) is 9.67. The van der Waals surface area contributed by atoms with E-state index < -0.39 is 0 Å². The number of aliphatic imine (C=N–C) groups is 1. The van der Waals surface area contributed by atoms with Crippen molar-refractivity contribution in [2.45, 2.75) is 19.3 Å². The molecule has 1 aromatic heterocycles. The Bertz CT molecular complexity index is 885. The number of para-hydroxylation sites is 2. The number of rotatable bonds is 8. The predicted octanol–water partition coefficient (Wildman–Crippen LogP) is 3.52. The van der Waals surface area contributed by atoms with Gasteiger partial charge < -0.3 is 20.4 Å². The Labute approximate surface area is 160 Å². The summed E-state index contributed by atoms with van der Waals surface area (Å²) >= 11 is 0. The fourth-order valence-corrected chi connectivity index (χ4v) is 3.27. The van der Waals surface area contributed by atoms with Gasteiger partial charge in [-0.25, -0.2) is 0 Å². The van der Waals surface area contributed by atoms with Gasteiger partial charge in [0.25, 0.3) is 0 Å². The van der Waals surface area contributed by atoms with Crippen LogP contribution in [0, 0.1) is 0 Å². The zero-order chi connectivity index (χ0) is 18.9. The monoisotopic (exact) mass is 364 g/mol. The number of H-pyrrole nitrogens is 1. The molecule has 5 heteroatoms. The first-order valence-electron chi connectivity index (χ1n) is 9.43.